The van der Waals surface area contributed by atoms with Gasteiger partial charge < -0.3 is 26.8 Å². The number of carbonyl (C=O) groups excluding carboxylic acids is 1. The highest BCUT2D eigenvalue weighted by Crippen LogP contribution is 2.27. The Morgan fingerprint density at radius 1 is 1.14 bits per heavy atom. The summed E-state index contributed by atoms with van der Waals surface area (Å²) in [4.78, 5) is 21.5. The molecular formula is C23H27ClN10O2. The number of rotatable bonds is 8. The fraction of sp³-hybridized carbons (Fsp3) is 0.348. The number of hydrogen-bond acceptors (Lipinski definition) is 9. The van der Waals surface area contributed by atoms with Gasteiger partial charge in [0.15, 0.2) is 17.2 Å². The van der Waals surface area contributed by atoms with Crippen molar-refractivity contribution in [1.82, 2.24) is 29.4 Å². The molecule has 4 heterocycles. The molecule has 6 N–H and O–H groups in total. The van der Waals surface area contributed by atoms with E-state index in [1.165, 1.54) is 16.9 Å². The molecule has 4 aromatic rings. The van der Waals surface area contributed by atoms with Crippen LogP contribution >= 0.6 is 11.6 Å². The van der Waals surface area contributed by atoms with Gasteiger partial charge in [-0.15, -0.1) is 5.10 Å². The lowest BCUT2D eigenvalue weighted by Gasteiger charge is -2.27. The Hall–Kier alpha value is -3.74. The van der Waals surface area contributed by atoms with Crippen molar-refractivity contribution in [3.8, 4) is 0 Å². The van der Waals surface area contributed by atoms with Crippen molar-refractivity contribution in [2.24, 2.45) is 5.73 Å². The maximum Gasteiger partial charge on any atom is 0.276 e. The molecular weight excluding hydrogens is 484 g/mol. The van der Waals surface area contributed by atoms with E-state index in [4.69, 9.17) is 17.3 Å². The number of anilines is 4. The lowest BCUT2D eigenvalue weighted by molar-refractivity contribution is 0.102. The number of aliphatic hydroxyl groups excluding tert-OH is 1. The SMILES string of the molecule is NC1CCC(Nc2cc(Nc3ccn(CCO)n3)c3ncc(C(=O)Nc4ccnc(Cl)c4)n3n2)CC1. The average Bonchev–Trinajstić information content (AvgIpc) is 3.48. The minimum atomic E-state index is -0.392. The maximum atomic E-state index is 13.1. The molecule has 0 aromatic carbocycles. The summed E-state index contributed by atoms with van der Waals surface area (Å²) in [6.07, 6.45) is 8.53. The number of hydrogen-bond donors (Lipinski definition) is 5. The van der Waals surface area contributed by atoms with Crippen molar-refractivity contribution in [3.63, 3.8) is 0 Å². The minimum Gasteiger partial charge on any atom is -0.394 e. The summed E-state index contributed by atoms with van der Waals surface area (Å²) in [6.45, 7) is 0.373. The highest BCUT2D eigenvalue weighted by atomic mass is 35.5. The van der Waals surface area contributed by atoms with Crippen LogP contribution in [0.25, 0.3) is 5.65 Å². The largest absolute Gasteiger partial charge is 0.394 e. The summed E-state index contributed by atoms with van der Waals surface area (Å²) in [5.41, 5.74) is 7.91. The number of fused-ring (bicyclic) bond motifs is 1. The van der Waals surface area contributed by atoms with Crippen molar-refractivity contribution in [2.45, 2.75) is 44.3 Å². The van der Waals surface area contributed by atoms with Gasteiger partial charge in [0.25, 0.3) is 5.91 Å². The van der Waals surface area contributed by atoms with Gasteiger partial charge in [-0.1, -0.05) is 11.6 Å². The van der Waals surface area contributed by atoms with Crippen LogP contribution < -0.4 is 21.7 Å². The van der Waals surface area contributed by atoms with Gasteiger partial charge in [-0.05, 0) is 37.8 Å². The van der Waals surface area contributed by atoms with Gasteiger partial charge in [-0.25, -0.2) is 14.5 Å². The summed E-state index contributed by atoms with van der Waals surface area (Å²) in [7, 11) is 0. The van der Waals surface area contributed by atoms with Gasteiger partial charge in [-0.3, -0.25) is 9.48 Å². The van der Waals surface area contributed by atoms with Crippen molar-refractivity contribution >= 4 is 46.2 Å². The Labute approximate surface area is 211 Å². The van der Waals surface area contributed by atoms with Crippen molar-refractivity contribution in [2.75, 3.05) is 22.6 Å². The molecule has 5 rings (SSSR count). The number of halogens is 1. The molecule has 1 fully saturated rings. The first kappa shape index (κ1) is 24.0. The number of nitrogens with one attached hydrogen (secondary N) is 3. The summed E-state index contributed by atoms with van der Waals surface area (Å²) in [5.74, 6) is 0.780. The molecule has 36 heavy (non-hydrogen) atoms. The molecule has 0 spiro atoms. The molecule has 0 radical (unpaired) electrons. The number of imidazole rings is 1. The number of pyridine rings is 1. The smallest absolute Gasteiger partial charge is 0.276 e. The third-order valence-electron chi connectivity index (χ3n) is 6.04. The van der Waals surface area contributed by atoms with E-state index in [9.17, 15) is 9.90 Å². The fourth-order valence-corrected chi connectivity index (χ4v) is 4.40. The van der Waals surface area contributed by atoms with Crippen LogP contribution in [0.4, 0.5) is 23.0 Å². The molecule has 0 saturated heterocycles. The molecule has 1 saturated carbocycles. The average molecular weight is 511 g/mol. The van der Waals surface area contributed by atoms with E-state index in [1.807, 2.05) is 6.07 Å². The Morgan fingerprint density at radius 2 is 1.97 bits per heavy atom. The van der Waals surface area contributed by atoms with Crippen molar-refractivity contribution < 1.29 is 9.90 Å². The number of aliphatic hydroxyl groups is 1. The number of aromatic nitrogens is 6. The maximum absolute atomic E-state index is 13.1. The van der Waals surface area contributed by atoms with Crippen LogP contribution in [-0.2, 0) is 6.54 Å². The second kappa shape index (κ2) is 10.5. The lowest BCUT2D eigenvalue weighted by atomic mass is 9.92. The zero-order valence-corrected chi connectivity index (χ0v) is 20.2. The molecule has 188 valence electrons. The van der Waals surface area contributed by atoms with E-state index in [0.29, 0.717) is 35.2 Å². The summed E-state index contributed by atoms with van der Waals surface area (Å²) in [6, 6.07) is 7.32. The molecule has 0 bridgehead atoms. The molecule has 4 aromatic heterocycles. The van der Waals surface area contributed by atoms with Crippen LogP contribution in [-0.4, -0.2) is 59.1 Å². The van der Waals surface area contributed by atoms with Gasteiger partial charge in [0.05, 0.1) is 25.0 Å². The number of carbonyl (C=O) groups is 1. The number of amides is 1. The normalized spacial score (nSPS) is 17.8. The molecule has 0 unspecified atom stereocenters. The molecule has 12 nitrogen and oxygen atoms in total. The highest BCUT2D eigenvalue weighted by molar-refractivity contribution is 6.29. The van der Waals surface area contributed by atoms with E-state index < -0.39 is 5.91 Å². The van der Waals surface area contributed by atoms with Crippen LogP contribution in [0, 0.1) is 0 Å². The third-order valence-corrected chi connectivity index (χ3v) is 6.25. The second-order valence-corrected chi connectivity index (χ2v) is 9.10. The van der Waals surface area contributed by atoms with Gasteiger partial charge in [0.2, 0.25) is 0 Å². The first-order valence-electron chi connectivity index (χ1n) is 11.7. The molecule has 1 amide bonds. The third kappa shape index (κ3) is 5.40. The molecule has 13 heteroatoms. The molecule has 1 aliphatic rings. The van der Waals surface area contributed by atoms with Crippen LogP contribution in [0.2, 0.25) is 5.15 Å². The predicted octanol–water partition coefficient (Wildman–Crippen LogP) is 2.64. The van der Waals surface area contributed by atoms with E-state index in [-0.39, 0.29) is 29.5 Å². The van der Waals surface area contributed by atoms with Gasteiger partial charge in [-0.2, -0.15) is 5.10 Å². The molecule has 1 aliphatic carbocycles. The van der Waals surface area contributed by atoms with Gasteiger partial charge >= 0.3 is 0 Å². The van der Waals surface area contributed by atoms with E-state index in [1.54, 1.807) is 29.1 Å². The Balaban J connectivity index is 1.47. The Bertz CT molecular complexity index is 1360. The first-order chi connectivity index (χ1) is 17.5. The topological polar surface area (TPSA) is 160 Å². The predicted molar refractivity (Wildman–Crippen MR) is 137 cm³/mol. The van der Waals surface area contributed by atoms with Gasteiger partial charge in [0.1, 0.15) is 11.0 Å². The standard InChI is InChI=1S/C23H27ClN10O2/c24-19-11-16(5-7-26-19)29-23(36)18-13-27-22-17(30-20-6-8-33(31-20)9-10-35)12-21(32-34(18)22)28-15-3-1-14(25)2-4-15/h5-8,11-15,35H,1-4,9-10,25H2,(H,28,32)(H,30,31)(H,26,29,36). The van der Waals surface area contributed by atoms with Crippen LogP contribution in [0.5, 0.6) is 0 Å². The Kier molecular flexibility index (Phi) is 6.98. The minimum absolute atomic E-state index is 0.0127. The van der Waals surface area contributed by atoms with Gasteiger partial charge in [0, 0.05) is 42.3 Å². The van der Waals surface area contributed by atoms with Crippen molar-refractivity contribution in [1.29, 1.82) is 0 Å². The van der Waals surface area contributed by atoms with Crippen molar-refractivity contribution in [3.05, 3.63) is 53.7 Å². The molecule has 0 atom stereocenters. The van der Waals surface area contributed by atoms with Crippen LogP contribution in [0.1, 0.15) is 36.2 Å². The summed E-state index contributed by atoms with van der Waals surface area (Å²) >= 11 is 5.95. The molecule has 0 aliphatic heterocycles. The number of nitrogens with zero attached hydrogens (tertiary/aromatic N) is 6. The highest BCUT2D eigenvalue weighted by Gasteiger charge is 2.22. The first-order valence-corrected chi connectivity index (χ1v) is 12.1. The van der Waals surface area contributed by atoms with E-state index >= 15 is 0 Å². The summed E-state index contributed by atoms with van der Waals surface area (Å²) in [5, 5.41) is 28.1. The van der Waals surface area contributed by atoms with E-state index in [0.717, 1.165) is 25.7 Å². The number of nitrogens with two attached hydrogens (primary N) is 1. The van der Waals surface area contributed by atoms with Crippen LogP contribution in [0.3, 0.4) is 0 Å². The van der Waals surface area contributed by atoms with Crippen LogP contribution in [0.15, 0.2) is 42.9 Å². The second-order valence-electron chi connectivity index (χ2n) is 8.71. The lowest BCUT2D eigenvalue weighted by Crippen LogP contribution is -2.33. The monoisotopic (exact) mass is 510 g/mol. The quantitative estimate of drug-likeness (QED) is 0.224. The fourth-order valence-electron chi connectivity index (χ4n) is 4.23. The zero-order valence-electron chi connectivity index (χ0n) is 19.4. The Morgan fingerprint density at radius 3 is 2.75 bits per heavy atom. The van der Waals surface area contributed by atoms with E-state index in [2.05, 4.69) is 36.1 Å². The zero-order chi connectivity index (χ0) is 25.1. The summed E-state index contributed by atoms with van der Waals surface area (Å²) < 4.78 is 3.14.